The molecule has 1 aromatic rings. The molecule has 0 fully saturated rings. The molecule has 80 valence electrons. The number of hydrogen-bond acceptors (Lipinski definition) is 2. The second kappa shape index (κ2) is 4.57. The average Bonchev–Trinajstić information content (AvgIpc) is 2.20. The lowest BCUT2D eigenvalue weighted by atomic mass is 10.1. The minimum Gasteiger partial charge on any atom is -0.506 e. The molecule has 0 atom stereocenters. The Labute approximate surface area is 95.3 Å². The molecule has 0 aliphatic heterocycles. The van der Waals surface area contributed by atoms with Crippen LogP contribution in [0.1, 0.15) is 19.4 Å². The fraction of sp³-hybridized carbons (Fsp3) is 0.333. The molecule has 0 saturated heterocycles. The summed E-state index contributed by atoms with van der Waals surface area (Å²) < 4.78 is 0. The summed E-state index contributed by atoms with van der Waals surface area (Å²) in [6, 6.07) is 5.25. The summed E-state index contributed by atoms with van der Waals surface area (Å²) in [7, 11) is 0. The van der Waals surface area contributed by atoms with E-state index >= 15 is 0 Å². The summed E-state index contributed by atoms with van der Waals surface area (Å²) >= 11 is 5.78. The van der Waals surface area contributed by atoms with Gasteiger partial charge in [0.15, 0.2) is 0 Å². The quantitative estimate of drug-likeness (QED) is 0.772. The Balaban J connectivity index is 2.75. The first-order valence-electron chi connectivity index (χ1n) is 4.65. The molecule has 3 heteroatoms. The third kappa shape index (κ3) is 3.16. The van der Waals surface area contributed by atoms with Crippen molar-refractivity contribution in [3.63, 3.8) is 0 Å². The zero-order valence-electron chi connectivity index (χ0n) is 8.84. The lowest BCUT2D eigenvalue weighted by molar-refractivity contribution is 0.448. The van der Waals surface area contributed by atoms with Gasteiger partial charge >= 0.3 is 0 Å². The lowest BCUT2D eigenvalue weighted by Crippen LogP contribution is -2.36. The summed E-state index contributed by atoms with van der Waals surface area (Å²) in [5.41, 5.74) is 0.347. The summed E-state index contributed by atoms with van der Waals surface area (Å²) in [6.07, 6.45) is 5.34. The maximum absolute atomic E-state index is 9.64. The monoisotopic (exact) mass is 223 g/mol. The molecule has 1 rings (SSSR count). The summed E-state index contributed by atoms with van der Waals surface area (Å²) in [6.45, 7) is 4.28. The molecule has 0 radical (unpaired) electrons. The normalized spacial score (nSPS) is 11.1. The van der Waals surface area contributed by atoms with E-state index in [9.17, 15) is 5.11 Å². The van der Waals surface area contributed by atoms with Crippen molar-refractivity contribution >= 4 is 11.6 Å². The van der Waals surface area contributed by atoms with Crippen LogP contribution in [0.4, 0.5) is 0 Å². The first-order chi connectivity index (χ1) is 6.96. The third-order valence-corrected chi connectivity index (χ3v) is 2.46. The summed E-state index contributed by atoms with van der Waals surface area (Å²) in [5, 5.41) is 13.1. The van der Waals surface area contributed by atoms with Crippen LogP contribution in [0.5, 0.6) is 5.75 Å². The molecule has 2 nitrogen and oxygen atoms in total. The Kier molecular flexibility index (Phi) is 3.62. The minimum absolute atomic E-state index is 0.111. The van der Waals surface area contributed by atoms with E-state index < -0.39 is 5.54 Å². The van der Waals surface area contributed by atoms with Gasteiger partial charge in [-0.25, -0.2) is 0 Å². The largest absolute Gasteiger partial charge is 0.506 e. The van der Waals surface area contributed by atoms with Gasteiger partial charge in [-0.05, 0) is 19.9 Å². The van der Waals surface area contributed by atoms with Gasteiger partial charge in [-0.1, -0.05) is 29.7 Å². The zero-order chi connectivity index (χ0) is 11.5. The highest BCUT2D eigenvalue weighted by Gasteiger charge is 2.13. The second-order valence-corrected chi connectivity index (χ2v) is 4.28. The van der Waals surface area contributed by atoms with Crippen molar-refractivity contribution in [2.45, 2.75) is 25.9 Å². The van der Waals surface area contributed by atoms with Crippen LogP contribution in [0.3, 0.4) is 0 Å². The number of rotatable bonds is 3. The Hall–Kier alpha value is -1.17. The fourth-order valence-electron chi connectivity index (χ4n) is 1.07. The lowest BCUT2D eigenvalue weighted by Gasteiger charge is -2.20. The van der Waals surface area contributed by atoms with Crippen molar-refractivity contribution in [1.29, 1.82) is 0 Å². The molecular formula is C12H14ClNO. The average molecular weight is 224 g/mol. The van der Waals surface area contributed by atoms with Crippen LogP contribution < -0.4 is 5.32 Å². The van der Waals surface area contributed by atoms with E-state index in [0.29, 0.717) is 11.6 Å². The fourth-order valence-corrected chi connectivity index (χ4v) is 1.26. The number of phenols is 1. The van der Waals surface area contributed by atoms with E-state index in [1.54, 1.807) is 18.2 Å². The number of para-hydroxylation sites is 1. The zero-order valence-corrected chi connectivity index (χ0v) is 9.60. The van der Waals surface area contributed by atoms with Crippen molar-refractivity contribution in [2.24, 2.45) is 0 Å². The van der Waals surface area contributed by atoms with Crippen molar-refractivity contribution in [2.75, 3.05) is 0 Å². The van der Waals surface area contributed by atoms with Crippen molar-refractivity contribution < 1.29 is 5.11 Å². The molecule has 0 bridgehead atoms. The van der Waals surface area contributed by atoms with Crippen molar-refractivity contribution in [3.8, 4) is 18.1 Å². The summed E-state index contributed by atoms with van der Waals surface area (Å²) in [5.74, 6) is 2.73. The first-order valence-corrected chi connectivity index (χ1v) is 5.03. The highest BCUT2D eigenvalue weighted by atomic mass is 35.5. The van der Waals surface area contributed by atoms with Crippen molar-refractivity contribution in [3.05, 3.63) is 28.8 Å². The van der Waals surface area contributed by atoms with E-state index in [1.807, 2.05) is 13.8 Å². The van der Waals surface area contributed by atoms with Crippen LogP contribution in [0.25, 0.3) is 0 Å². The topological polar surface area (TPSA) is 32.3 Å². The number of phenolic OH excluding ortho intramolecular Hbond substituents is 1. The molecule has 0 aliphatic rings. The van der Waals surface area contributed by atoms with Crippen LogP contribution in [0.2, 0.25) is 5.02 Å². The number of hydrogen-bond donors (Lipinski definition) is 2. The molecule has 0 saturated carbocycles. The Morgan fingerprint density at radius 1 is 1.53 bits per heavy atom. The molecule has 0 aromatic heterocycles. The highest BCUT2D eigenvalue weighted by Crippen LogP contribution is 2.26. The third-order valence-electron chi connectivity index (χ3n) is 2.15. The number of benzene rings is 1. The van der Waals surface area contributed by atoms with Gasteiger partial charge in [0.25, 0.3) is 0 Å². The van der Waals surface area contributed by atoms with Gasteiger partial charge in [0.05, 0.1) is 10.6 Å². The van der Waals surface area contributed by atoms with Gasteiger partial charge in [0.2, 0.25) is 0 Å². The SMILES string of the molecule is C#CC(C)(C)NCc1cccc(Cl)c1O. The maximum atomic E-state index is 9.64. The maximum Gasteiger partial charge on any atom is 0.138 e. The Bertz CT molecular complexity index is 393. The second-order valence-electron chi connectivity index (χ2n) is 3.87. The predicted octanol–water partition coefficient (Wildman–Crippen LogP) is 2.55. The Morgan fingerprint density at radius 2 is 2.20 bits per heavy atom. The number of halogens is 1. The molecule has 0 heterocycles. The van der Waals surface area contributed by atoms with Crippen LogP contribution in [0, 0.1) is 12.3 Å². The van der Waals surface area contributed by atoms with Crippen LogP contribution in [-0.2, 0) is 6.54 Å². The van der Waals surface area contributed by atoms with Crippen molar-refractivity contribution in [1.82, 2.24) is 5.32 Å². The van der Waals surface area contributed by atoms with Gasteiger partial charge in [-0.15, -0.1) is 6.42 Å². The molecule has 0 aliphatic carbocycles. The number of nitrogens with one attached hydrogen (secondary N) is 1. The van der Waals surface area contributed by atoms with E-state index in [0.717, 1.165) is 5.56 Å². The highest BCUT2D eigenvalue weighted by molar-refractivity contribution is 6.32. The van der Waals surface area contributed by atoms with E-state index in [1.165, 1.54) is 0 Å². The van der Waals surface area contributed by atoms with E-state index in [4.69, 9.17) is 18.0 Å². The minimum atomic E-state index is -0.394. The van der Waals surface area contributed by atoms with Gasteiger partial charge in [-0.2, -0.15) is 0 Å². The summed E-state index contributed by atoms with van der Waals surface area (Å²) in [4.78, 5) is 0. The number of terminal acetylenes is 1. The van der Waals surface area contributed by atoms with Gasteiger partial charge < -0.3 is 5.11 Å². The molecule has 0 spiro atoms. The van der Waals surface area contributed by atoms with E-state index in [-0.39, 0.29) is 5.75 Å². The first kappa shape index (κ1) is 11.9. The van der Waals surface area contributed by atoms with Gasteiger partial charge in [-0.3, -0.25) is 5.32 Å². The molecule has 1 aromatic carbocycles. The van der Waals surface area contributed by atoms with Gasteiger partial charge in [0.1, 0.15) is 5.75 Å². The standard InChI is InChI=1S/C12H14ClNO/c1-4-12(2,3)14-8-9-6-5-7-10(13)11(9)15/h1,5-7,14-15H,8H2,2-3H3. The van der Waals surface area contributed by atoms with Crippen LogP contribution in [0.15, 0.2) is 18.2 Å². The molecule has 0 unspecified atom stereocenters. The molecule has 0 amide bonds. The van der Waals surface area contributed by atoms with Gasteiger partial charge in [0, 0.05) is 12.1 Å². The molecule has 2 N–H and O–H groups in total. The van der Waals surface area contributed by atoms with Crippen LogP contribution >= 0.6 is 11.6 Å². The van der Waals surface area contributed by atoms with E-state index in [2.05, 4.69) is 11.2 Å². The smallest absolute Gasteiger partial charge is 0.138 e. The van der Waals surface area contributed by atoms with Crippen LogP contribution in [-0.4, -0.2) is 10.6 Å². The molecule has 15 heavy (non-hydrogen) atoms. The number of aromatic hydroxyl groups is 1. The predicted molar refractivity (Wildman–Crippen MR) is 62.9 cm³/mol. The molecular weight excluding hydrogens is 210 g/mol. The Morgan fingerprint density at radius 3 is 2.80 bits per heavy atom.